The van der Waals surface area contributed by atoms with E-state index in [0.717, 1.165) is 6.42 Å². The normalized spacial score (nSPS) is 12.8. The molecule has 0 saturated heterocycles. The smallest absolute Gasteiger partial charge is 0.0398 e. The lowest BCUT2D eigenvalue weighted by Crippen LogP contribution is -2.37. The van der Waals surface area contributed by atoms with Crippen LogP contribution in [0.5, 0.6) is 0 Å². The maximum absolute atomic E-state index is 8.91. The molecule has 0 amide bonds. The minimum atomic E-state index is -0.0694. The van der Waals surface area contributed by atoms with Crippen LogP contribution in [-0.2, 0) is 0 Å². The summed E-state index contributed by atoms with van der Waals surface area (Å²) < 4.78 is 0. The molecule has 0 fully saturated rings. The van der Waals surface area contributed by atoms with Crippen molar-refractivity contribution in [1.29, 1.82) is 0 Å². The minimum absolute atomic E-state index is 0.0694. The van der Waals surface area contributed by atoms with Crippen molar-refractivity contribution in [3.8, 4) is 0 Å². The van der Waals surface area contributed by atoms with Crippen molar-refractivity contribution in [3.05, 3.63) is 0 Å². The maximum atomic E-state index is 8.91. The third-order valence-corrected chi connectivity index (χ3v) is 1.74. The van der Waals surface area contributed by atoms with Gasteiger partial charge in [-0.05, 0) is 20.3 Å². The molecule has 0 unspecified atom stereocenters. The molecule has 2 heteroatoms. The van der Waals surface area contributed by atoms with Crippen molar-refractivity contribution in [1.82, 2.24) is 5.06 Å². The van der Waals surface area contributed by atoms with Crippen LogP contribution in [-0.4, -0.2) is 22.9 Å². The summed E-state index contributed by atoms with van der Waals surface area (Å²) in [5, 5.41) is 10.2. The first-order chi connectivity index (χ1) is 3.50. The van der Waals surface area contributed by atoms with Gasteiger partial charge in [-0.25, -0.2) is 0 Å². The molecule has 0 aliphatic rings. The molecule has 0 aromatic rings. The van der Waals surface area contributed by atoms with Gasteiger partial charge in [-0.3, -0.25) is 0 Å². The van der Waals surface area contributed by atoms with Gasteiger partial charge in [0.15, 0.2) is 0 Å². The molecule has 50 valence electrons. The molecule has 8 heavy (non-hydrogen) atoms. The molecule has 0 aromatic carbocycles. The Morgan fingerprint density at radius 1 is 1.50 bits per heavy atom. The molecule has 0 aliphatic carbocycles. The summed E-state index contributed by atoms with van der Waals surface area (Å²) in [4.78, 5) is 0. The highest BCUT2D eigenvalue weighted by molar-refractivity contribution is 4.70. The minimum Gasteiger partial charge on any atom is -0.314 e. The predicted molar refractivity (Wildman–Crippen MR) is 33.9 cm³/mol. The Morgan fingerprint density at radius 3 is 1.88 bits per heavy atom. The fourth-order valence-corrected chi connectivity index (χ4v) is 0.229. The highest BCUT2D eigenvalue weighted by Crippen LogP contribution is 2.12. The molecule has 0 atom stereocenters. The highest BCUT2D eigenvalue weighted by Gasteiger charge is 2.18. The van der Waals surface area contributed by atoms with Gasteiger partial charge in [-0.15, -0.1) is 0 Å². The van der Waals surface area contributed by atoms with Gasteiger partial charge in [-0.1, -0.05) is 6.92 Å². The van der Waals surface area contributed by atoms with Crippen LogP contribution in [0.15, 0.2) is 0 Å². The van der Waals surface area contributed by atoms with E-state index in [1.165, 1.54) is 5.06 Å². The number of hydroxylamine groups is 2. The molecule has 0 bridgehead atoms. The first-order valence-corrected chi connectivity index (χ1v) is 2.93. The van der Waals surface area contributed by atoms with Crippen molar-refractivity contribution in [2.24, 2.45) is 0 Å². The van der Waals surface area contributed by atoms with Gasteiger partial charge in [0.25, 0.3) is 0 Å². The Bertz CT molecular complexity index is 68.9. The molecular weight excluding hydrogens is 102 g/mol. The van der Waals surface area contributed by atoms with E-state index in [-0.39, 0.29) is 5.54 Å². The molecule has 0 saturated carbocycles. The second-order valence-electron chi connectivity index (χ2n) is 2.69. The summed E-state index contributed by atoms with van der Waals surface area (Å²) in [5.74, 6) is 0. The second kappa shape index (κ2) is 2.46. The summed E-state index contributed by atoms with van der Waals surface area (Å²) in [6, 6.07) is 0. The second-order valence-corrected chi connectivity index (χ2v) is 2.69. The van der Waals surface area contributed by atoms with E-state index in [1.807, 2.05) is 20.8 Å². The molecular formula is C6H15NO. The fourth-order valence-electron chi connectivity index (χ4n) is 0.229. The average molecular weight is 117 g/mol. The van der Waals surface area contributed by atoms with Crippen LogP contribution in [0.3, 0.4) is 0 Å². The Hall–Kier alpha value is -0.0800. The largest absolute Gasteiger partial charge is 0.314 e. The van der Waals surface area contributed by atoms with Crippen LogP contribution >= 0.6 is 0 Å². The lowest BCUT2D eigenvalue weighted by atomic mass is 10.0. The zero-order valence-corrected chi connectivity index (χ0v) is 6.10. The van der Waals surface area contributed by atoms with E-state index >= 15 is 0 Å². The summed E-state index contributed by atoms with van der Waals surface area (Å²) in [7, 11) is 1.67. The van der Waals surface area contributed by atoms with E-state index in [0.29, 0.717) is 0 Å². The molecule has 2 nitrogen and oxygen atoms in total. The Morgan fingerprint density at radius 2 is 1.88 bits per heavy atom. The van der Waals surface area contributed by atoms with Gasteiger partial charge in [0.05, 0.1) is 0 Å². The monoisotopic (exact) mass is 117 g/mol. The van der Waals surface area contributed by atoms with E-state index in [2.05, 4.69) is 0 Å². The van der Waals surface area contributed by atoms with Gasteiger partial charge >= 0.3 is 0 Å². The van der Waals surface area contributed by atoms with Crippen LogP contribution in [0, 0.1) is 0 Å². The third-order valence-electron chi connectivity index (χ3n) is 1.74. The van der Waals surface area contributed by atoms with Gasteiger partial charge in [-0.2, -0.15) is 5.06 Å². The van der Waals surface area contributed by atoms with Crippen molar-refractivity contribution >= 4 is 0 Å². The van der Waals surface area contributed by atoms with Crippen LogP contribution in [0.2, 0.25) is 0 Å². The molecule has 0 radical (unpaired) electrons. The highest BCUT2D eigenvalue weighted by atomic mass is 16.5. The van der Waals surface area contributed by atoms with Crippen LogP contribution in [0.25, 0.3) is 0 Å². The predicted octanol–water partition coefficient (Wildman–Crippen LogP) is 1.50. The van der Waals surface area contributed by atoms with Crippen LogP contribution < -0.4 is 0 Å². The molecule has 1 N–H and O–H groups in total. The Kier molecular flexibility index (Phi) is 2.44. The molecule has 0 aliphatic heterocycles. The first kappa shape index (κ1) is 7.92. The molecule has 0 aromatic heterocycles. The molecule has 0 heterocycles. The summed E-state index contributed by atoms with van der Waals surface area (Å²) in [6.45, 7) is 6.03. The van der Waals surface area contributed by atoms with Crippen molar-refractivity contribution in [2.45, 2.75) is 32.7 Å². The lowest BCUT2D eigenvalue weighted by molar-refractivity contribution is -0.140. The molecule has 0 spiro atoms. The lowest BCUT2D eigenvalue weighted by Gasteiger charge is -2.28. The van der Waals surface area contributed by atoms with Crippen molar-refractivity contribution < 1.29 is 5.21 Å². The van der Waals surface area contributed by atoms with Crippen LogP contribution in [0.1, 0.15) is 27.2 Å². The Labute approximate surface area is 51.1 Å². The zero-order chi connectivity index (χ0) is 6.78. The number of hydrogen-bond acceptors (Lipinski definition) is 2. The van der Waals surface area contributed by atoms with Crippen LogP contribution in [0.4, 0.5) is 0 Å². The number of nitrogens with zero attached hydrogens (tertiary/aromatic N) is 1. The standard InChI is InChI=1S/C6H15NO/c1-5-6(2,3)7(4)8/h8H,5H2,1-4H3. The summed E-state index contributed by atoms with van der Waals surface area (Å²) in [6.07, 6.45) is 0.958. The van der Waals surface area contributed by atoms with E-state index in [9.17, 15) is 0 Å². The quantitative estimate of drug-likeness (QED) is 0.554. The van der Waals surface area contributed by atoms with Gasteiger partial charge in [0.1, 0.15) is 0 Å². The Balaban J connectivity index is 3.71. The fraction of sp³-hybridized carbons (Fsp3) is 1.00. The van der Waals surface area contributed by atoms with Gasteiger partial charge in [0, 0.05) is 12.6 Å². The van der Waals surface area contributed by atoms with Crippen molar-refractivity contribution in [3.63, 3.8) is 0 Å². The molecule has 0 rings (SSSR count). The summed E-state index contributed by atoms with van der Waals surface area (Å²) in [5.41, 5.74) is -0.0694. The first-order valence-electron chi connectivity index (χ1n) is 2.93. The topological polar surface area (TPSA) is 23.5 Å². The van der Waals surface area contributed by atoms with Crippen molar-refractivity contribution in [2.75, 3.05) is 7.05 Å². The third kappa shape index (κ3) is 1.80. The average Bonchev–Trinajstić information content (AvgIpc) is 1.67. The number of rotatable bonds is 2. The maximum Gasteiger partial charge on any atom is 0.0398 e. The van der Waals surface area contributed by atoms with E-state index in [4.69, 9.17) is 5.21 Å². The SMILES string of the molecule is CCC(C)(C)N(C)O. The summed E-state index contributed by atoms with van der Waals surface area (Å²) >= 11 is 0. The van der Waals surface area contributed by atoms with Gasteiger partial charge in [0.2, 0.25) is 0 Å². The van der Waals surface area contributed by atoms with E-state index in [1.54, 1.807) is 7.05 Å². The zero-order valence-electron chi connectivity index (χ0n) is 6.10. The van der Waals surface area contributed by atoms with E-state index < -0.39 is 0 Å². The number of hydrogen-bond donors (Lipinski definition) is 1. The van der Waals surface area contributed by atoms with Gasteiger partial charge < -0.3 is 5.21 Å².